The molecule has 1 aromatic carbocycles. The van der Waals surface area contributed by atoms with Gasteiger partial charge in [0, 0.05) is 18.5 Å². The number of amides is 1. The lowest BCUT2D eigenvalue weighted by Gasteiger charge is -2.21. The summed E-state index contributed by atoms with van der Waals surface area (Å²) in [6, 6.07) is 9.36. The van der Waals surface area contributed by atoms with Gasteiger partial charge < -0.3 is 16.2 Å². The maximum atomic E-state index is 12.1. The Morgan fingerprint density at radius 3 is 2.70 bits per heavy atom. The highest BCUT2D eigenvalue weighted by molar-refractivity contribution is 5.79. The topological polar surface area (TPSA) is 75.3 Å². The van der Waals surface area contributed by atoms with Crippen LogP contribution < -0.4 is 11.1 Å². The van der Waals surface area contributed by atoms with Crippen LogP contribution in [0.25, 0.3) is 0 Å². The summed E-state index contributed by atoms with van der Waals surface area (Å²) < 4.78 is 0. The predicted octanol–water partition coefficient (Wildman–Crippen LogP) is 1.60. The van der Waals surface area contributed by atoms with Crippen LogP contribution in [0.3, 0.4) is 0 Å². The average molecular weight is 276 g/mol. The third kappa shape index (κ3) is 3.58. The van der Waals surface area contributed by atoms with E-state index in [1.807, 2.05) is 37.3 Å². The highest BCUT2D eigenvalue weighted by atomic mass is 16.3. The van der Waals surface area contributed by atoms with Crippen molar-refractivity contribution in [1.29, 1.82) is 0 Å². The summed E-state index contributed by atoms with van der Waals surface area (Å²) in [6.07, 6.45) is 2.61. The molecule has 4 nitrogen and oxygen atoms in total. The number of carbonyl (C=O) groups excluding carboxylic acids is 1. The van der Waals surface area contributed by atoms with Crippen LogP contribution in [-0.4, -0.2) is 23.7 Å². The third-order valence-electron chi connectivity index (χ3n) is 4.29. The number of hydrogen-bond donors (Lipinski definition) is 3. The number of aliphatic hydroxyl groups excluding tert-OH is 1. The molecule has 110 valence electrons. The van der Waals surface area contributed by atoms with Crippen molar-refractivity contribution in [2.75, 3.05) is 6.54 Å². The highest BCUT2D eigenvalue weighted by Gasteiger charge is 2.27. The molecule has 4 atom stereocenters. The minimum absolute atomic E-state index is 0.0412. The first-order valence-corrected chi connectivity index (χ1v) is 7.36. The molecule has 1 aromatic rings. The number of aliphatic hydroxyl groups is 1. The van der Waals surface area contributed by atoms with E-state index >= 15 is 0 Å². The van der Waals surface area contributed by atoms with Crippen molar-refractivity contribution in [2.24, 2.45) is 17.6 Å². The maximum Gasteiger partial charge on any atom is 0.224 e. The van der Waals surface area contributed by atoms with E-state index in [0.717, 1.165) is 24.8 Å². The van der Waals surface area contributed by atoms with Crippen LogP contribution in [-0.2, 0) is 4.79 Å². The van der Waals surface area contributed by atoms with Crippen molar-refractivity contribution in [3.05, 3.63) is 35.9 Å². The molecule has 2 rings (SSSR count). The van der Waals surface area contributed by atoms with Crippen LogP contribution in [0.5, 0.6) is 0 Å². The number of nitrogens with one attached hydrogen (secondary N) is 1. The van der Waals surface area contributed by atoms with Crippen LogP contribution >= 0.6 is 0 Å². The second-order valence-corrected chi connectivity index (χ2v) is 5.73. The first-order valence-electron chi connectivity index (χ1n) is 7.36. The molecule has 0 heterocycles. The van der Waals surface area contributed by atoms with Gasteiger partial charge in [-0.1, -0.05) is 43.7 Å². The van der Waals surface area contributed by atoms with Crippen LogP contribution in [0.2, 0.25) is 0 Å². The zero-order chi connectivity index (χ0) is 14.5. The van der Waals surface area contributed by atoms with E-state index in [1.165, 1.54) is 0 Å². The second kappa shape index (κ2) is 6.86. The van der Waals surface area contributed by atoms with E-state index in [9.17, 15) is 9.90 Å². The molecule has 0 spiro atoms. The van der Waals surface area contributed by atoms with Crippen molar-refractivity contribution in [3.8, 4) is 0 Å². The molecular weight excluding hydrogens is 252 g/mol. The summed E-state index contributed by atoms with van der Waals surface area (Å²) in [4.78, 5) is 12.1. The van der Waals surface area contributed by atoms with Gasteiger partial charge in [0.25, 0.3) is 0 Å². The molecule has 4 unspecified atom stereocenters. The Balaban J connectivity index is 1.85. The Bertz CT molecular complexity index is 435. The standard InChI is InChI=1S/C16H24N2O2/c1-11(15(17)12-6-3-2-4-7-12)16(20)18-10-13-8-5-9-14(13)19/h2-4,6-7,11,13-15,19H,5,8-10,17H2,1H3,(H,18,20). The fourth-order valence-corrected chi connectivity index (χ4v) is 2.78. The molecule has 1 amide bonds. The Morgan fingerprint density at radius 2 is 2.10 bits per heavy atom. The van der Waals surface area contributed by atoms with Crippen molar-refractivity contribution >= 4 is 5.91 Å². The van der Waals surface area contributed by atoms with E-state index in [4.69, 9.17) is 5.73 Å². The highest BCUT2D eigenvalue weighted by Crippen LogP contribution is 2.25. The van der Waals surface area contributed by atoms with Crippen molar-refractivity contribution in [2.45, 2.75) is 38.3 Å². The lowest BCUT2D eigenvalue weighted by atomic mass is 9.94. The molecule has 4 heteroatoms. The van der Waals surface area contributed by atoms with Crippen LogP contribution in [0, 0.1) is 11.8 Å². The molecule has 1 aliphatic carbocycles. The second-order valence-electron chi connectivity index (χ2n) is 5.73. The normalized spacial score (nSPS) is 25.1. The fourth-order valence-electron chi connectivity index (χ4n) is 2.78. The largest absolute Gasteiger partial charge is 0.393 e. The molecular formula is C16H24N2O2. The molecule has 0 radical (unpaired) electrons. The Labute approximate surface area is 120 Å². The first-order chi connectivity index (χ1) is 9.59. The van der Waals surface area contributed by atoms with Gasteiger partial charge in [-0.15, -0.1) is 0 Å². The predicted molar refractivity (Wildman–Crippen MR) is 78.9 cm³/mol. The molecule has 1 aliphatic rings. The molecule has 0 aliphatic heterocycles. The van der Waals surface area contributed by atoms with Crippen molar-refractivity contribution < 1.29 is 9.90 Å². The summed E-state index contributed by atoms with van der Waals surface area (Å²) in [6.45, 7) is 2.39. The van der Waals surface area contributed by atoms with E-state index < -0.39 is 0 Å². The lowest BCUT2D eigenvalue weighted by Crippen LogP contribution is -2.39. The van der Waals surface area contributed by atoms with Gasteiger partial charge in [0.2, 0.25) is 5.91 Å². The molecule has 4 N–H and O–H groups in total. The molecule has 1 saturated carbocycles. The summed E-state index contributed by atoms with van der Waals surface area (Å²) >= 11 is 0. The summed E-state index contributed by atoms with van der Waals surface area (Å²) in [5.74, 6) is -0.129. The Hall–Kier alpha value is -1.39. The average Bonchev–Trinajstić information content (AvgIpc) is 2.89. The summed E-state index contributed by atoms with van der Waals surface area (Å²) in [7, 11) is 0. The minimum atomic E-state index is -0.301. The molecule has 0 saturated heterocycles. The zero-order valence-electron chi connectivity index (χ0n) is 12.0. The van der Waals surface area contributed by atoms with Gasteiger partial charge in [0.05, 0.1) is 12.0 Å². The van der Waals surface area contributed by atoms with E-state index in [1.54, 1.807) is 0 Å². The van der Waals surface area contributed by atoms with Crippen molar-refractivity contribution in [1.82, 2.24) is 5.32 Å². The minimum Gasteiger partial charge on any atom is -0.393 e. The Morgan fingerprint density at radius 1 is 1.40 bits per heavy atom. The molecule has 0 bridgehead atoms. The maximum absolute atomic E-state index is 12.1. The monoisotopic (exact) mass is 276 g/mol. The number of nitrogens with two attached hydrogens (primary N) is 1. The summed E-state index contributed by atoms with van der Waals surface area (Å²) in [5, 5.41) is 12.7. The lowest BCUT2D eigenvalue weighted by molar-refractivity contribution is -0.125. The van der Waals surface area contributed by atoms with Crippen LogP contribution in [0.15, 0.2) is 30.3 Å². The number of carbonyl (C=O) groups is 1. The number of rotatable bonds is 5. The van der Waals surface area contributed by atoms with Crippen LogP contribution in [0.4, 0.5) is 0 Å². The van der Waals surface area contributed by atoms with Gasteiger partial charge in [-0.25, -0.2) is 0 Å². The Kier molecular flexibility index (Phi) is 5.15. The van der Waals surface area contributed by atoms with E-state index in [-0.39, 0.29) is 29.9 Å². The van der Waals surface area contributed by atoms with Crippen LogP contribution in [0.1, 0.15) is 37.8 Å². The quantitative estimate of drug-likeness (QED) is 0.764. The first kappa shape index (κ1) is 15.0. The van der Waals surface area contributed by atoms with E-state index in [2.05, 4.69) is 5.32 Å². The number of benzene rings is 1. The third-order valence-corrected chi connectivity index (χ3v) is 4.29. The fraction of sp³-hybridized carbons (Fsp3) is 0.562. The molecule has 1 fully saturated rings. The van der Waals surface area contributed by atoms with Gasteiger partial charge in [-0.2, -0.15) is 0 Å². The van der Waals surface area contributed by atoms with Gasteiger partial charge in [0.15, 0.2) is 0 Å². The van der Waals surface area contributed by atoms with Gasteiger partial charge in [0.1, 0.15) is 0 Å². The van der Waals surface area contributed by atoms with Crippen molar-refractivity contribution in [3.63, 3.8) is 0 Å². The van der Waals surface area contributed by atoms with Gasteiger partial charge in [-0.3, -0.25) is 4.79 Å². The summed E-state index contributed by atoms with van der Waals surface area (Å²) in [5.41, 5.74) is 7.11. The zero-order valence-corrected chi connectivity index (χ0v) is 12.0. The van der Waals surface area contributed by atoms with E-state index in [0.29, 0.717) is 6.54 Å². The molecule has 20 heavy (non-hydrogen) atoms. The van der Waals surface area contributed by atoms with Gasteiger partial charge in [-0.05, 0) is 18.4 Å². The van der Waals surface area contributed by atoms with Gasteiger partial charge >= 0.3 is 0 Å². The molecule has 0 aromatic heterocycles. The smallest absolute Gasteiger partial charge is 0.224 e. The SMILES string of the molecule is CC(C(=O)NCC1CCCC1O)C(N)c1ccccc1. The number of hydrogen-bond acceptors (Lipinski definition) is 3.